The van der Waals surface area contributed by atoms with Gasteiger partial charge in [-0.1, -0.05) is 191 Å². The van der Waals surface area contributed by atoms with E-state index in [0.717, 1.165) is 50.9 Å². The summed E-state index contributed by atoms with van der Waals surface area (Å²) in [7, 11) is 0. The van der Waals surface area contributed by atoms with Crippen molar-refractivity contribution in [1.29, 1.82) is 0 Å². The van der Waals surface area contributed by atoms with Crippen LogP contribution in [-0.4, -0.2) is 70.0 Å². The fraction of sp³-hybridized carbons (Fsp3) is 0.778. The highest BCUT2D eigenvalue weighted by Crippen LogP contribution is 2.16. The lowest BCUT2D eigenvalue weighted by molar-refractivity contribution is -0.161. The molecule has 0 aromatic heterocycles. The maximum atomic E-state index is 12.2. The molecule has 4 N–H and O–H groups in total. The summed E-state index contributed by atoms with van der Waals surface area (Å²) < 4.78 is 10.5. The van der Waals surface area contributed by atoms with Crippen molar-refractivity contribution in [2.45, 2.75) is 206 Å². The highest BCUT2D eigenvalue weighted by atomic mass is 16.6. The molecule has 0 aliphatic carbocycles. The first-order valence-corrected chi connectivity index (χ1v) is 21.4. The largest absolute Gasteiger partial charge is 0.462 e. The molecule has 53 heavy (non-hydrogen) atoms. The van der Waals surface area contributed by atoms with Crippen LogP contribution in [0, 0.1) is 5.92 Å². The summed E-state index contributed by atoms with van der Waals surface area (Å²) in [4.78, 5) is 24.4. The van der Waals surface area contributed by atoms with Crippen LogP contribution in [0.3, 0.4) is 0 Å². The Labute approximate surface area is 324 Å². The number of esters is 2. The van der Waals surface area contributed by atoms with E-state index >= 15 is 0 Å². The third kappa shape index (κ3) is 36.5. The molecule has 0 spiro atoms. The number of hydrogen-bond acceptors (Lipinski definition) is 8. The van der Waals surface area contributed by atoms with E-state index in [9.17, 15) is 30.0 Å². The summed E-state index contributed by atoms with van der Waals surface area (Å²) in [5, 5.41) is 39.8. The second-order valence-corrected chi connectivity index (χ2v) is 15.1. The van der Waals surface area contributed by atoms with Gasteiger partial charge in [-0.15, -0.1) is 0 Å². The van der Waals surface area contributed by atoms with Crippen LogP contribution in [0.25, 0.3) is 0 Å². The minimum absolute atomic E-state index is 0.0317. The second-order valence-electron chi connectivity index (χ2n) is 15.1. The first-order chi connectivity index (χ1) is 25.7. The van der Waals surface area contributed by atoms with Crippen molar-refractivity contribution >= 4 is 11.9 Å². The van der Waals surface area contributed by atoms with E-state index in [4.69, 9.17) is 9.47 Å². The smallest absolute Gasteiger partial charge is 0.306 e. The summed E-state index contributed by atoms with van der Waals surface area (Å²) in [5.74, 6) is -0.0752. The Balaban J connectivity index is 3.83. The number of ether oxygens (including phenoxy) is 2. The Morgan fingerprint density at radius 2 is 1.02 bits per heavy atom. The lowest BCUT2D eigenvalue weighted by Crippen LogP contribution is -2.28. The fourth-order valence-corrected chi connectivity index (χ4v) is 6.00. The van der Waals surface area contributed by atoms with Crippen molar-refractivity contribution in [3.05, 3.63) is 48.6 Å². The van der Waals surface area contributed by atoms with Gasteiger partial charge in [-0.2, -0.15) is 0 Å². The Kier molecular flexibility index (Phi) is 36.4. The number of unbranched alkanes of at least 4 members (excludes halogenated alkanes) is 17. The monoisotopic (exact) mass is 749 g/mol. The topological polar surface area (TPSA) is 134 Å². The molecule has 0 saturated carbocycles. The Morgan fingerprint density at radius 3 is 1.55 bits per heavy atom. The van der Waals surface area contributed by atoms with E-state index in [1.807, 2.05) is 6.08 Å². The average Bonchev–Trinajstić information content (AvgIpc) is 3.13. The zero-order valence-electron chi connectivity index (χ0n) is 34.0. The van der Waals surface area contributed by atoms with Crippen LogP contribution >= 0.6 is 0 Å². The van der Waals surface area contributed by atoms with Gasteiger partial charge in [0, 0.05) is 12.8 Å². The number of rotatable bonds is 37. The first-order valence-electron chi connectivity index (χ1n) is 21.4. The van der Waals surface area contributed by atoms with Gasteiger partial charge in [0.1, 0.15) is 6.61 Å². The molecule has 8 nitrogen and oxygen atoms in total. The van der Waals surface area contributed by atoms with Crippen LogP contribution in [0.5, 0.6) is 0 Å². The lowest BCUT2D eigenvalue weighted by atomic mass is 10.0. The summed E-state index contributed by atoms with van der Waals surface area (Å²) in [6, 6.07) is 0. The van der Waals surface area contributed by atoms with E-state index < -0.39 is 43.0 Å². The average molecular weight is 749 g/mol. The van der Waals surface area contributed by atoms with E-state index in [0.29, 0.717) is 6.42 Å². The van der Waals surface area contributed by atoms with Crippen molar-refractivity contribution in [1.82, 2.24) is 0 Å². The Bertz CT molecular complexity index is 956. The third-order valence-electron chi connectivity index (χ3n) is 9.42. The molecule has 0 bridgehead atoms. The van der Waals surface area contributed by atoms with Crippen molar-refractivity contribution in [2.75, 3.05) is 13.2 Å². The minimum Gasteiger partial charge on any atom is -0.462 e. The Hall–Kier alpha value is -2.26. The van der Waals surface area contributed by atoms with Gasteiger partial charge >= 0.3 is 11.9 Å². The molecule has 308 valence electrons. The Morgan fingerprint density at radius 1 is 0.547 bits per heavy atom. The predicted molar refractivity (Wildman–Crippen MR) is 218 cm³/mol. The highest BCUT2D eigenvalue weighted by molar-refractivity contribution is 5.70. The van der Waals surface area contributed by atoms with Gasteiger partial charge in [0.25, 0.3) is 0 Å². The van der Waals surface area contributed by atoms with Crippen molar-refractivity contribution in [2.24, 2.45) is 5.92 Å². The predicted octanol–water partition coefficient (Wildman–Crippen LogP) is 10.2. The maximum Gasteiger partial charge on any atom is 0.306 e. The number of hydrogen-bond donors (Lipinski definition) is 4. The van der Waals surface area contributed by atoms with Gasteiger partial charge in [-0.25, -0.2) is 0 Å². The molecule has 8 heteroatoms. The van der Waals surface area contributed by atoms with Crippen molar-refractivity contribution in [3.63, 3.8) is 0 Å². The van der Waals surface area contributed by atoms with Gasteiger partial charge in [-0.3, -0.25) is 9.59 Å². The highest BCUT2D eigenvalue weighted by Gasteiger charge is 2.17. The molecule has 0 rings (SSSR count). The maximum absolute atomic E-state index is 12.2. The quantitative estimate of drug-likeness (QED) is 0.0280. The molecular formula is C45H80O8. The van der Waals surface area contributed by atoms with Gasteiger partial charge < -0.3 is 29.9 Å². The zero-order chi connectivity index (χ0) is 39.2. The van der Waals surface area contributed by atoms with E-state index in [1.165, 1.54) is 96.0 Å². The van der Waals surface area contributed by atoms with E-state index in [1.54, 1.807) is 36.5 Å². The summed E-state index contributed by atoms with van der Waals surface area (Å²) in [6.45, 7) is 6.10. The molecule has 4 atom stereocenters. The minimum atomic E-state index is -1.08. The number of aliphatic hydroxyl groups is 4. The van der Waals surface area contributed by atoms with Crippen LogP contribution in [0.2, 0.25) is 0 Å². The van der Waals surface area contributed by atoms with Crippen LogP contribution in [0.15, 0.2) is 48.6 Å². The van der Waals surface area contributed by atoms with Crippen LogP contribution < -0.4 is 0 Å². The van der Waals surface area contributed by atoms with Crippen molar-refractivity contribution in [3.8, 4) is 0 Å². The second kappa shape index (κ2) is 38.0. The molecule has 0 aliphatic rings. The fourth-order valence-electron chi connectivity index (χ4n) is 6.00. The molecule has 0 aromatic rings. The normalized spacial score (nSPS) is 14.6. The number of carbonyl (C=O) groups excluding carboxylic acids is 2. The summed E-state index contributed by atoms with van der Waals surface area (Å²) in [5.41, 5.74) is 0. The van der Waals surface area contributed by atoms with Gasteiger partial charge in [0.15, 0.2) is 6.10 Å². The molecule has 0 unspecified atom stereocenters. The van der Waals surface area contributed by atoms with Gasteiger partial charge in [-0.05, 0) is 31.6 Å². The molecular weight excluding hydrogens is 668 g/mol. The van der Waals surface area contributed by atoms with Crippen LogP contribution in [0.4, 0.5) is 0 Å². The lowest BCUT2D eigenvalue weighted by Gasteiger charge is -2.16. The molecule has 0 amide bonds. The van der Waals surface area contributed by atoms with E-state index in [-0.39, 0.29) is 25.9 Å². The molecule has 0 heterocycles. The summed E-state index contributed by atoms with van der Waals surface area (Å²) in [6.07, 6.45) is 36.9. The molecule has 0 aliphatic heterocycles. The van der Waals surface area contributed by atoms with Crippen LogP contribution in [0.1, 0.15) is 181 Å². The van der Waals surface area contributed by atoms with Gasteiger partial charge in [0.2, 0.25) is 0 Å². The standard InChI is InChI=1S/C45H80O8/c1-4-5-24-31-40(47)32-26-21-18-19-22-27-33-42(48)43(49)34-29-36-44(50)52-38-41(37-46)53-45(51)35-28-23-17-15-13-11-9-7-6-8-10-12-14-16-20-25-30-39(2)3/h18-19,21-22,26-27,32-33,39-43,46-49H,4-17,20,23-25,28-31,34-38H2,1-3H3/b21-18-,22-19+,32-26+,33-27+/t40-,41+,42-,43-/m1/s1. The molecule has 0 radical (unpaired) electrons. The van der Waals surface area contributed by atoms with Crippen molar-refractivity contribution < 1.29 is 39.5 Å². The first kappa shape index (κ1) is 50.7. The zero-order valence-corrected chi connectivity index (χ0v) is 34.0. The molecule has 0 saturated heterocycles. The third-order valence-corrected chi connectivity index (χ3v) is 9.42. The van der Waals surface area contributed by atoms with Gasteiger partial charge in [0.05, 0.1) is 24.9 Å². The number of carbonyl (C=O) groups is 2. The number of allylic oxidation sites excluding steroid dienone is 6. The SMILES string of the molecule is CCCCC[C@@H](O)/C=C/C=C\C=C\C=C\[C@@H](O)[C@H](O)CCCC(=O)OC[C@H](CO)OC(=O)CCCCCCCCCCCCCCCCCCC(C)C. The molecule has 0 fully saturated rings. The molecule has 0 aromatic carbocycles. The number of aliphatic hydroxyl groups excluding tert-OH is 4. The van der Waals surface area contributed by atoms with Crippen LogP contribution in [-0.2, 0) is 19.1 Å². The van der Waals surface area contributed by atoms with E-state index in [2.05, 4.69) is 20.8 Å². The summed E-state index contributed by atoms with van der Waals surface area (Å²) >= 11 is 0.